The molecule has 2 aromatic rings. The maximum absolute atomic E-state index is 12.2. The fourth-order valence-corrected chi connectivity index (χ4v) is 2.48. The van der Waals surface area contributed by atoms with Crippen molar-refractivity contribution in [2.24, 2.45) is 0 Å². The first kappa shape index (κ1) is 18.7. The van der Waals surface area contributed by atoms with Gasteiger partial charge in [0.1, 0.15) is 0 Å². The molecule has 5 heteroatoms. The van der Waals surface area contributed by atoms with E-state index in [2.05, 4.69) is 10.6 Å². The molecule has 25 heavy (non-hydrogen) atoms. The zero-order chi connectivity index (χ0) is 18.4. The summed E-state index contributed by atoms with van der Waals surface area (Å²) in [6.45, 7) is 5.82. The van der Waals surface area contributed by atoms with Crippen LogP contribution in [0, 0.1) is 6.92 Å². The molecule has 3 N–H and O–H groups in total. The molecule has 5 nitrogen and oxygen atoms in total. The number of hydrogen-bond acceptors (Lipinski definition) is 3. The van der Waals surface area contributed by atoms with Gasteiger partial charge < -0.3 is 15.7 Å². The molecule has 132 valence electrons. The molecule has 0 saturated heterocycles. The number of aliphatic hydroxyl groups excluding tert-OH is 1. The number of nitrogens with one attached hydrogen (secondary N) is 2. The van der Waals surface area contributed by atoms with Gasteiger partial charge in [0.2, 0.25) is 0 Å². The highest BCUT2D eigenvalue weighted by molar-refractivity contribution is 5.97. The van der Waals surface area contributed by atoms with E-state index in [1.54, 1.807) is 24.3 Å². The Labute approximate surface area is 148 Å². The number of amides is 2. The molecular formula is C20H24N2O3. The normalized spacial score (nSPS) is 11.9. The van der Waals surface area contributed by atoms with Crippen molar-refractivity contribution in [3.63, 3.8) is 0 Å². The van der Waals surface area contributed by atoms with Gasteiger partial charge in [-0.2, -0.15) is 0 Å². The predicted molar refractivity (Wildman–Crippen MR) is 97.5 cm³/mol. The lowest BCUT2D eigenvalue weighted by Crippen LogP contribution is -2.30. The molecule has 1 unspecified atom stereocenters. The van der Waals surface area contributed by atoms with Crippen molar-refractivity contribution in [3.05, 3.63) is 70.8 Å². The second-order valence-electron chi connectivity index (χ2n) is 6.29. The number of carbonyl (C=O) groups excluding carboxylic acids is 2. The molecule has 2 rings (SSSR count). The quantitative estimate of drug-likeness (QED) is 0.756. The highest BCUT2D eigenvalue weighted by atomic mass is 16.3. The Kier molecular flexibility index (Phi) is 6.31. The van der Waals surface area contributed by atoms with Gasteiger partial charge in [0.05, 0.1) is 6.10 Å². The topological polar surface area (TPSA) is 78.4 Å². The third kappa shape index (κ3) is 5.16. The number of rotatable bonds is 6. The van der Waals surface area contributed by atoms with Crippen LogP contribution in [0.25, 0.3) is 0 Å². The Hall–Kier alpha value is -2.66. The van der Waals surface area contributed by atoms with E-state index in [-0.39, 0.29) is 24.4 Å². The fraction of sp³-hybridized carbons (Fsp3) is 0.300. The largest absolute Gasteiger partial charge is 0.387 e. The summed E-state index contributed by atoms with van der Waals surface area (Å²) in [5, 5.41) is 15.7. The van der Waals surface area contributed by atoms with E-state index < -0.39 is 6.10 Å². The molecule has 0 spiro atoms. The minimum atomic E-state index is -0.763. The van der Waals surface area contributed by atoms with Crippen molar-refractivity contribution in [2.75, 3.05) is 6.54 Å². The predicted octanol–water partition coefficient (Wildman–Crippen LogP) is 2.60. The lowest BCUT2D eigenvalue weighted by atomic mass is 10.0. The first-order valence-electron chi connectivity index (χ1n) is 8.31. The van der Waals surface area contributed by atoms with Gasteiger partial charge in [-0.1, -0.05) is 24.3 Å². The Morgan fingerprint density at radius 3 is 2.08 bits per heavy atom. The Bertz CT molecular complexity index is 739. The van der Waals surface area contributed by atoms with Crippen LogP contribution in [0.3, 0.4) is 0 Å². The van der Waals surface area contributed by atoms with E-state index in [4.69, 9.17) is 0 Å². The Balaban J connectivity index is 1.95. The van der Waals surface area contributed by atoms with Gasteiger partial charge in [-0.15, -0.1) is 0 Å². The van der Waals surface area contributed by atoms with Crippen LogP contribution in [0.4, 0.5) is 0 Å². The number of hydrogen-bond donors (Lipinski definition) is 3. The number of aliphatic hydroxyl groups is 1. The van der Waals surface area contributed by atoms with Crippen molar-refractivity contribution in [1.29, 1.82) is 0 Å². The maximum Gasteiger partial charge on any atom is 0.251 e. The smallest absolute Gasteiger partial charge is 0.251 e. The Morgan fingerprint density at radius 2 is 1.52 bits per heavy atom. The van der Waals surface area contributed by atoms with Crippen molar-refractivity contribution in [3.8, 4) is 0 Å². The van der Waals surface area contributed by atoms with Gasteiger partial charge in [0.15, 0.2) is 0 Å². The van der Waals surface area contributed by atoms with Gasteiger partial charge in [-0.05, 0) is 56.2 Å². The third-order valence-corrected chi connectivity index (χ3v) is 3.83. The molecule has 0 radical (unpaired) electrons. The zero-order valence-corrected chi connectivity index (χ0v) is 14.7. The molecule has 0 aromatic heterocycles. The van der Waals surface area contributed by atoms with Crippen LogP contribution < -0.4 is 10.6 Å². The van der Waals surface area contributed by atoms with E-state index in [0.717, 1.165) is 11.1 Å². The first-order valence-corrected chi connectivity index (χ1v) is 8.31. The second-order valence-corrected chi connectivity index (χ2v) is 6.29. The lowest BCUT2D eigenvalue weighted by molar-refractivity contribution is 0.0912. The molecule has 0 saturated carbocycles. The van der Waals surface area contributed by atoms with Crippen LogP contribution in [0.15, 0.2) is 48.5 Å². The molecule has 0 heterocycles. The van der Waals surface area contributed by atoms with E-state index in [9.17, 15) is 14.7 Å². The average Bonchev–Trinajstić information content (AvgIpc) is 2.59. The van der Waals surface area contributed by atoms with Gasteiger partial charge in [0, 0.05) is 23.7 Å². The molecule has 2 amide bonds. The lowest BCUT2D eigenvalue weighted by Gasteiger charge is -2.14. The average molecular weight is 340 g/mol. The van der Waals surface area contributed by atoms with E-state index in [1.165, 1.54) is 0 Å². The van der Waals surface area contributed by atoms with E-state index >= 15 is 0 Å². The third-order valence-electron chi connectivity index (χ3n) is 3.83. The highest BCUT2D eigenvalue weighted by Crippen LogP contribution is 2.16. The summed E-state index contributed by atoms with van der Waals surface area (Å²) in [5.41, 5.74) is 2.72. The summed E-state index contributed by atoms with van der Waals surface area (Å²) < 4.78 is 0. The highest BCUT2D eigenvalue weighted by Gasteiger charge is 2.13. The summed E-state index contributed by atoms with van der Waals surface area (Å²) in [4.78, 5) is 24.1. The molecule has 0 fully saturated rings. The van der Waals surface area contributed by atoms with Crippen LogP contribution >= 0.6 is 0 Å². The summed E-state index contributed by atoms with van der Waals surface area (Å²) >= 11 is 0. The minimum Gasteiger partial charge on any atom is -0.387 e. The molecule has 0 aliphatic carbocycles. The second kappa shape index (κ2) is 8.44. The summed E-state index contributed by atoms with van der Waals surface area (Å²) in [7, 11) is 0. The summed E-state index contributed by atoms with van der Waals surface area (Å²) in [6, 6.07) is 14.0. The van der Waals surface area contributed by atoms with Crippen molar-refractivity contribution in [1.82, 2.24) is 10.6 Å². The van der Waals surface area contributed by atoms with E-state index in [0.29, 0.717) is 11.1 Å². The van der Waals surface area contributed by atoms with Crippen LogP contribution in [-0.4, -0.2) is 29.5 Å². The van der Waals surface area contributed by atoms with Crippen LogP contribution in [-0.2, 0) is 0 Å². The van der Waals surface area contributed by atoms with Gasteiger partial charge in [-0.25, -0.2) is 0 Å². The molecule has 0 bridgehead atoms. The molecule has 0 aliphatic rings. The first-order chi connectivity index (χ1) is 11.9. The van der Waals surface area contributed by atoms with Crippen molar-refractivity contribution in [2.45, 2.75) is 32.9 Å². The molecule has 0 aliphatic heterocycles. The number of aryl methyl sites for hydroxylation is 1. The molecule has 1 atom stereocenters. The number of carbonyl (C=O) groups is 2. The summed E-state index contributed by atoms with van der Waals surface area (Å²) in [5.74, 6) is -0.458. The SMILES string of the molecule is Cc1ccccc1C(O)CNC(=O)c1ccc(C(=O)NC(C)C)cc1. The van der Waals surface area contributed by atoms with Gasteiger partial charge in [0.25, 0.3) is 11.8 Å². The van der Waals surface area contributed by atoms with E-state index in [1.807, 2.05) is 45.0 Å². The van der Waals surface area contributed by atoms with Crippen molar-refractivity contribution >= 4 is 11.8 Å². The fourth-order valence-electron chi connectivity index (χ4n) is 2.48. The monoisotopic (exact) mass is 340 g/mol. The summed E-state index contributed by atoms with van der Waals surface area (Å²) in [6.07, 6.45) is -0.763. The molecule has 2 aromatic carbocycles. The van der Waals surface area contributed by atoms with Crippen LogP contribution in [0.2, 0.25) is 0 Å². The standard InChI is InChI=1S/C20H24N2O3/c1-13(2)22-20(25)16-10-8-15(9-11-16)19(24)21-12-18(23)17-7-5-4-6-14(17)3/h4-11,13,18,23H,12H2,1-3H3,(H,21,24)(H,22,25). The number of benzene rings is 2. The minimum absolute atomic E-state index is 0.0541. The zero-order valence-electron chi connectivity index (χ0n) is 14.7. The van der Waals surface area contributed by atoms with Gasteiger partial charge in [-0.3, -0.25) is 9.59 Å². The van der Waals surface area contributed by atoms with Gasteiger partial charge >= 0.3 is 0 Å². The molecular weight excluding hydrogens is 316 g/mol. The van der Waals surface area contributed by atoms with Crippen LogP contribution in [0.1, 0.15) is 51.8 Å². The van der Waals surface area contributed by atoms with Crippen molar-refractivity contribution < 1.29 is 14.7 Å². The Morgan fingerprint density at radius 1 is 0.960 bits per heavy atom. The maximum atomic E-state index is 12.2. The van der Waals surface area contributed by atoms with Crippen LogP contribution in [0.5, 0.6) is 0 Å².